The summed E-state index contributed by atoms with van der Waals surface area (Å²) < 4.78 is 0. The number of hydrogen-bond donors (Lipinski definition) is 3. The largest absolute Gasteiger partial charge is 0.338 e. The molecule has 0 aliphatic rings. The maximum absolute atomic E-state index is 12.1. The number of thiazole rings is 1. The summed E-state index contributed by atoms with van der Waals surface area (Å²) in [6.07, 6.45) is 0.178. The second kappa shape index (κ2) is 9.84. The van der Waals surface area contributed by atoms with Crippen LogP contribution in [0.1, 0.15) is 23.1 Å². The van der Waals surface area contributed by atoms with Crippen molar-refractivity contribution in [1.82, 2.24) is 15.6 Å². The summed E-state index contributed by atoms with van der Waals surface area (Å²) in [7, 11) is 0. The number of nitrogens with zero attached hydrogens (tertiary/aromatic N) is 1. The van der Waals surface area contributed by atoms with Crippen LogP contribution in [0.25, 0.3) is 11.3 Å². The Labute approximate surface area is 174 Å². The summed E-state index contributed by atoms with van der Waals surface area (Å²) in [6.45, 7) is 4.83. The fraction of sp³-hybridized carbons (Fsp3) is 0.227. The van der Waals surface area contributed by atoms with Crippen LogP contribution in [0.15, 0.2) is 53.9 Å². The standard InChI is InChI=1S/C22H24N4O2S/c1-15-8-9-18(12-16(15)2)19-14-29-22(25-19)26-20(27)10-11-23-21(28)24-13-17-6-4-3-5-7-17/h3-9,12,14H,10-11,13H2,1-2H3,(H2,23,24,28)(H,25,26,27). The number of carbonyl (C=O) groups is 2. The van der Waals surface area contributed by atoms with E-state index >= 15 is 0 Å². The van der Waals surface area contributed by atoms with Gasteiger partial charge in [-0.1, -0.05) is 42.5 Å². The number of aromatic nitrogens is 1. The highest BCUT2D eigenvalue weighted by molar-refractivity contribution is 7.14. The maximum Gasteiger partial charge on any atom is 0.315 e. The smallest absolute Gasteiger partial charge is 0.315 e. The Morgan fingerprint density at radius 1 is 1.00 bits per heavy atom. The number of carbonyl (C=O) groups excluding carboxylic acids is 2. The number of nitrogens with one attached hydrogen (secondary N) is 3. The predicted molar refractivity (Wildman–Crippen MR) is 117 cm³/mol. The van der Waals surface area contributed by atoms with E-state index in [0.29, 0.717) is 11.7 Å². The molecule has 0 unspecified atom stereocenters. The van der Waals surface area contributed by atoms with E-state index < -0.39 is 0 Å². The van der Waals surface area contributed by atoms with Crippen LogP contribution >= 0.6 is 11.3 Å². The molecule has 6 nitrogen and oxygen atoms in total. The lowest BCUT2D eigenvalue weighted by molar-refractivity contribution is -0.116. The molecular formula is C22H24N4O2S. The van der Waals surface area contributed by atoms with Crippen molar-refractivity contribution in [1.29, 1.82) is 0 Å². The van der Waals surface area contributed by atoms with Gasteiger partial charge in [0, 0.05) is 30.5 Å². The Kier molecular flexibility index (Phi) is 6.97. The molecule has 0 bridgehead atoms. The van der Waals surface area contributed by atoms with Crippen LogP contribution in [-0.2, 0) is 11.3 Å². The normalized spacial score (nSPS) is 10.4. The molecule has 3 aromatic rings. The SMILES string of the molecule is Cc1ccc(-c2csc(NC(=O)CCNC(=O)NCc3ccccc3)n2)cc1C. The monoisotopic (exact) mass is 408 g/mol. The molecule has 1 aromatic heterocycles. The van der Waals surface area contributed by atoms with Crippen LogP contribution < -0.4 is 16.0 Å². The molecule has 150 valence electrons. The van der Waals surface area contributed by atoms with Gasteiger partial charge in [-0.3, -0.25) is 4.79 Å². The number of rotatable bonds is 7. The van der Waals surface area contributed by atoms with Crippen LogP contribution in [0.4, 0.5) is 9.93 Å². The van der Waals surface area contributed by atoms with Crippen molar-refractivity contribution < 1.29 is 9.59 Å². The summed E-state index contributed by atoms with van der Waals surface area (Å²) >= 11 is 1.39. The molecule has 7 heteroatoms. The molecule has 0 aliphatic carbocycles. The van der Waals surface area contributed by atoms with Gasteiger partial charge in [-0.15, -0.1) is 11.3 Å². The zero-order valence-corrected chi connectivity index (χ0v) is 17.3. The van der Waals surface area contributed by atoms with Gasteiger partial charge in [0.1, 0.15) is 0 Å². The molecule has 0 fully saturated rings. The predicted octanol–water partition coefficient (Wildman–Crippen LogP) is 4.25. The van der Waals surface area contributed by atoms with E-state index in [1.807, 2.05) is 41.8 Å². The Morgan fingerprint density at radius 3 is 2.55 bits per heavy atom. The highest BCUT2D eigenvalue weighted by atomic mass is 32.1. The molecule has 0 saturated heterocycles. The van der Waals surface area contributed by atoms with Crippen molar-refractivity contribution in [3.8, 4) is 11.3 Å². The van der Waals surface area contributed by atoms with E-state index in [4.69, 9.17) is 0 Å². The first-order valence-corrected chi connectivity index (χ1v) is 10.3. The molecular weight excluding hydrogens is 384 g/mol. The second-order valence-corrected chi connectivity index (χ2v) is 7.59. The van der Waals surface area contributed by atoms with E-state index in [1.54, 1.807) is 0 Å². The number of benzene rings is 2. The zero-order valence-electron chi connectivity index (χ0n) is 16.5. The van der Waals surface area contributed by atoms with Gasteiger partial charge in [-0.2, -0.15) is 0 Å². The van der Waals surface area contributed by atoms with Crippen molar-refractivity contribution in [3.63, 3.8) is 0 Å². The highest BCUT2D eigenvalue weighted by Gasteiger charge is 2.09. The minimum absolute atomic E-state index is 0.178. The molecule has 1 heterocycles. The van der Waals surface area contributed by atoms with Crippen LogP contribution in [0.5, 0.6) is 0 Å². The lowest BCUT2D eigenvalue weighted by atomic mass is 10.1. The van der Waals surface area contributed by atoms with Crippen molar-refractivity contribution >= 4 is 28.4 Å². The van der Waals surface area contributed by atoms with Crippen LogP contribution in [-0.4, -0.2) is 23.5 Å². The number of amides is 3. The van der Waals surface area contributed by atoms with E-state index in [9.17, 15) is 9.59 Å². The van der Waals surface area contributed by atoms with E-state index in [1.165, 1.54) is 22.5 Å². The van der Waals surface area contributed by atoms with Crippen molar-refractivity contribution in [3.05, 3.63) is 70.6 Å². The average molecular weight is 409 g/mol. The van der Waals surface area contributed by atoms with Crippen LogP contribution in [0.2, 0.25) is 0 Å². The zero-order chi connectivity index (χ0) is 20.6. The molecule has 0 saturated carbocycles. The van der Waals surface area contributed by atoms with E-state index in [0.717, 1.165) is 16.8 Å². The Bertz CT molecular complexity index is 985. The molecule has 0 spiro atoms. The fourth-order valence-electron chi connectivity index (χ4n) is 2.68. The maximum atomic E-state index is 12.1. The first kappa shape index (κ1) is 20.5. The fourth-order valence-corrected chi connectivity index (χ4v) is 3.41. The van der Waals surface area contributed by atoms with Gasteiger partial charge in [-0.25, -0.2) is 9.78 Å². The third-order valence-corrected chi connectivity index (χ3v) is 5.24. The minimum Gasteiger partial charge on any atom is -0.338 e. The molecule has 3 amide bonds. The molecule has 0 atom stereocenters. The number of anilines is 1. The molecule has 2 aromatic carbocycles. The van der Waals surface area contributed by atoms with Crippen molar-refractivity contribution in [2.24, 2.45) is 0 Å². The Hall–Kier alpha value is -3.19. The van der Waals surface area contributed by atoms with Crippen molar-refractivity contribution in [2.45, 2.75) is 26.8 Å². The lowest BCUT2D eigenvalue weighted by Crippen LogP contribution is -2.36. The summed E-state index contributed by atoms with van der Waals surface area (Å²) in [5.74, 6) is -0.186. The molecule has 0 aliphatic heterocycles. The highest BCUT2D eigenvalue weighted by Crippen LogP contribution is 2.26. The van der Waals surface area contributed by atoms with Crippen LogP contribution in [0, 0.1) is 13.8 Å². The summed E-state index contributed by atoms with van der Waals surface area (Å²) in [5.41, 5.74) is 5.33. The number of urea groups is 1. The van der Waals surface area contributed by atoms with Gasteiger partial charge in [0.25, 0.3) is 0 Å². The Morgan fingerprint density at radius 2 is 1.79 bits per heavy atom. The third kappa shape index (κ3) is 6.15. The topological polar surface area (TPSA) is 83.1 Å². The van der Waals surface area contributed by atoms with Gasteiger partial charge in [0.2, 0.25) is 5.91 Å². The van der Waals surface area contributed by atoms with Gasteiger partial charge in [0.15, 0.2) is 5.13 Å². The summed E-state index contributed by atoms with van der Waals surface area (Å²) in [4.78, 5) is 28.4. The Balaban J connectivity index is 1.41. The molecule has 3 rings (SSSR count). The molecule has 3 N–H and O–H groups in total. The first-order chi connectivity index (χ1) is 14.0. The minimum atomic E-state index is -0.298. The lowest BCUT2D eigenvalue weighted by Gasteiger charge is -2.07. The third-order valence-electron chi connectivity index (χ3n) is 4.49. The second-order valence-electron chi connectivity index (χ2n) is 6.73. The summed E-state index contributed by atoms with van der Waals surface area (Å²) in [5, 5.41) is 10.7. The first-order valence-electron chi connectivity index (χ1n) is 9.40. The molecule has 0 radical (unpaired) electrons. The number of aryl methyl sites for hydroxylation is 2. The number of hydrogen-bond acceptors (Lipinski definition) is 4. The van der Waals surface area contributed by atoms with Crippen LogP contribution in [0.3, 0.4) is 0 Å². The quantitative estimate of drug-likeness (QED) is 0.546. The van der Waals surface area contributed by atoms with E-state index in [-0.39, 0.29) is 24.9 Å². The van der Waals surface area contributed by atoms with E-state index in [2.05, 4.69) is 46.9 Å². The van der Waals surface area contributed by atoms with Gasteiger partial charge in [-0.05, 0) is 36.6 Å². The average Bonchev–Trinajstić information content (AvgIpc) is 3.17. The van der Waals surface area contributed by atoms with Crippen molar-refractivity contribution in [2.75, 3.05) is 11.9 Å². The summed E-state index contributed by atoms with van der Waals surface area (Å²) in [6, 6.07) is 15.5. The van der Waals surface area contributed by atoms with Gasteiger partial charge < -0.3 is 16.0 Å². The van der Waals surface area contributed by atoms with Gasteiger partial charge in [0.05, 0.1) is 5.69 Å². The van der Waals surface area contributed by atoms with Gasteiger partial charge >= 0.3 is 6.03 Å². The molecule has 29 heavy (non-hydrogen) atoms.